The van der Waals surface area contributed by atoms with Gasteiger partial charge in [0.05, 0.1) is 19.3 Å². The Morgan fingerprint density at radius 1 is 1.11 bits per heavy atom. The number of carbonyl (C=O) groups excluding carboxylic acids is 1. The van der Waals surface area contributed by atoms with Gasteiger partial charge in [0, 0.05) is 52.9 Å². The van der Waals surface area contributed by atoms with Crippen molar-refractivity contribution in [2.45, 2.75) is 25.7 Å². The monoisotopic (exact) mass is 501 g/mol. The van der Waals surface area contributed by atoms with E-state index < -0.39 is 11.6 Å². The Balaban J connectivity index is 1.23. The van der Waals surface area contributed by atoms with Crippen molar-refractivity contribution < 1.29 is 23.0 Å². The number of fused-ring (bicyclic) bond motifs is 8. The van der Waals surface area contributed by atoms with Gasteiger partial charge in [-0.15, -0.1) is 0 Å². The zero-order chi connectivity index (χ0) is 25.8. The van der Waals surface area contributed by atoms with Crippen molar-refractivity contribution in [3.05, 3.63) is 100 Å². The summed E-state index contributed by atoms with van der Waals surface area (Å²) in [6.07, 6.45) is 5.47. The number of nitrogens with zero attached hydrogens (tertiary/aromatic N) is 1. The number of nitrogens with two attached hydrogens (primary N) is 1. The molecule has 0 spiro atoms. The smallest absolute Gasteiger partial charge is 0.251 e. The fourth-order valence-electron chi connectivity index (χ4n) is 5.69. The summed E-state index contributed by atoms with van der Waals surface area (Å²) in [6.45, 7) is 2.07. The van der Waals surface area contributed by atoms with Gasteiger partial charge in [-0.2, -0.15) is 0 Å². The minimum atomic E-state index is -0.612. The third-order valence-electron chi connectivity index (χ3n) is 7.47. The number of rotatable bonds is 5. The molecule has 4 atom stereocenters. The average molecular weight is 502 g/mol. The van der Waals surface area contributed by atoms with Crippen LogP contribution in [0.15, 0.2) is 66.3 Å². The lowest BCUT2D eigenvalue weighted by Crippen LogP contribution is -2.28. The van der Waals surface area contributed by atoms with E-state index in [0.717, 1.165) is 22.8 Å². The van der Waals surface area contributed by atoms with Crippen LogP contribution in [0.3, 0.4) is 0 Å². The molecule has 0 saturated carbocycles. The van der Waals surface area contributed by atoms with Crippen LogP contribution in [0.25, 0.3) is 11.1 Å². The molecule has 1 fully saturated rings. The highest BCUT2D eigenvalue weighted by atomic mass is 19.1. The molecule has 6 rings (SSSR count). The van der Waals surface area contributed by atoms with Gasteiger partial charge in [-0.3, -0.25) is 4.79 Å². The van der Waals surface area contributed by atoms with Gasteiger partial charge in [-0.1, -0.05) is 30.4 Å². The first kappa shape index (κ1) is 23.4. The van der Waals surface area contributed by atoms with E-state index >= 15 is 0 Å². The Morgan fingerprint density at radius 3 is 2.70 bits per heavy atom. The van der Waals surface area contributed by atoms with E-state index in [1.54, 1.807) is 13.2 Å². The van der Waals surface area contributed by atoms with E-state index in [1.165, 1.54) is 12.1 Å². The number of aryl methyl sites for hydroxylation is 1. The second-order valence-corrected chi connectivity index (χ2v) is 9.58. The minimum Gasteiger partial charge on any atom is -0.496 e. The fraction of sp³-hybridized carbons (Fsp3) is 0.241. The van der Waals surface area contributed by atoms with Crippen LogP contribution < -0.4 is 15.8 Å². The molecule has 37 heavy (non-hydrogen) atoms. The predicted molar refractivity (Wildman–Crippen MR) is 134 cm³/mol. The Hall–Kier alpha value is -4.04. The van der Waals surface area contributed by atoms with Gasteiger partial charge < -0.3 is 20.5 Å². The van der Waals surface area contributed by atoms with Crippen LogP contribution in [-0.4, -0.2) is 18.0 Å². The van der Waals surface area contributed by atoms with Crippen molar-refractivity contribution in [1.29, 1.82) is 0 Å². The number of anilines is 1. The number of nitrogen functional groups attached to an aromatic ring is 1. The van der Waals surface area contributed by atoms with E-state index in [0.29, 0.717) is 34.0 Å². The Kier molecular flexibility index (Phi) is 5.56. The highest BCUT2D eigenvalue weighted by Gasteiger charge is 2.51. The Morgan fingerprint density at radius 2 is 1.92 bits per heavy atom. The van der Waals surface area contributed by atoms with Crippen molar-refractivity contribution in [2.24, 2.45) is 11.8 Å². The number of methoxy groups -OCH3 is 1. The van der Waals surface area contributed by atoms with Gasteiger partial charge in [0.25, 0.3) is 5.91 Å². The molecule has 3 N–H and O–H groups in total. The molecule has 1 amide bonds. The van der Waals surface area contributed by atoms with Crippen molar-refractivity contribution >= 4 is 11.7 Å². The molecule has 3 aliphatic rings. The van der Waals surface area contributed by atoms with Crippen LogP contribution in [-0.2, 0) is 16.1 Å². The lowest BCUT2D eigenvalue weighted by molar-refractivity contribution is -0.117. The number of pyridine rings is 1. The number of hydrogen-bond acceptors (Lipinski definition) is 5. The number of aromatic nitrogens is 1. The summed E-state index contributed by atoms with van der Waals surface area (Å²) in [7, 11) is 1.55. The van der Waals surface area contributed by atoms with Gasteiger partial charge in [-0.25, -0.2) is 13.8 Å². The summed E-state index contributed by atoms with van der Waals surface area (Å²) in [5.74, 6) is -0.404. The molecule has 3 aromatic rings. The second-order valence-electron chi connectivity index (χ2n) is 9.58. The molecule has 8 heteroatoms. The number of amides is 1. The predicted octanol–water partition coefficient (Wildman–Crippen LogP) is 5.10. The van der Waals surface area contributed by atoms with Gasteiger partial charge in [0.2, 0.25) is 0 Å². The minimum absolute atomic E-state index is 0.0222. The molecule has 0 radical (unpaired) electrons. The molecule has 6 nitrogen and oxygen atoms in total. The fourth-order valence-corrected chi connectivity index (χ4v) is 5.69. The standard InChI is InChI=1S/C29H25F2N3O3/c1-14-23(25(36-2)12-26(32)34-14)13-33-29(35)16-4-7-20-22(10-16)28-21-9-15(3-6-19(21)27(20)37-28)18-8-5-17(30)11-24(18)31/h3-12,20,22,27-28H,13H2,1-2H3,(H2,32,34)(H,33,35)/t20?,22?,27-,28?/m1/s1. The SMILES string of the molecule is COc1cc(N)nc(C)c1CNC(=O)C1=CC2C3O[C@H](c4ccc(-c5ccc(F)cc5F)cc43)C2C=C1. The highest BCUT2D eigenvalue weighted by molar-refractivity contribution is 5.96. The van der Waals surface area contributed by atoms with Gasteiger partial charge in [0.15, 0.2) is 0 Å². The van der Waals surface area contributed by atoms with Crippen molar-refractivity contribution in [3.63, 3.8) is 0 Å². The maximum Gasteiger partial charge on any atom is 0.251 e. The largest absolute Gasteiger partial charge is 0.496 e. The summed E-state index contributed by atoms with van der Waals surface area (Å²) in [5.41, 5.74) is 10.9. The average Bonchev–Trinajstić information content (AvgIpc) is 3.44. The molecule has 3 unspecified atom stereocenters. The third-order valence-corrected chi connectivity index (χ3v) is 7.47. The van der Waals surface area contributed by atoms with E-state index in [-0.39, 0.29) is 36.5 Å². The third kappa shape index (κ3) is 3.88. The zero-order valence-corrected chi connectivity index (χ0v) is 20.3. The highest BCUT2D eigenvalue weighted by Crippen LogP contribution is 2.59. The maximum absolute atomic E-state index is 14.4. The van der Waals surface area contributed by atoms with E-state index in [1.807, 2.05) is 43.4 Å². The zero-order valence-electron chi connectivity index (χ0n) is 20.3. The molecule has 3 heterocycles. The number of nitrogens with one attached hydrogen (secondary N) is 1. The normalized spacial score (nSPS) is 22.9. The number of hydrogen-bond donors (Lipinski definition) is 2. The van der Waals surface area contributed by atoms with Crippen LogP contribution >= 0.6 is 0 Å². The number of ether oxygens (including phenoxy) is 2. The van der Waals surface area contributed by atoms with Gasteiger partial charge in [0.1, 0.15) is 23.2 Å². The summed E-state index contributed by atoms with van der Waals surface area (Å²) in [5, 5.41) is 2.96. The molecular formula is C29H25F2N3O3. The lowest BCUT2D eigenvalue weighted by Gasteiger charge is -2.28. The lowest BCUT2D eigenvalue weighted by atomic mass is 9.72. The summed E-state index contributed by atoms with van der Waals surface area (Å²) >= 11 is 0. The van der Waals surface area contributed by atoms with Crippen LogP contribution in [0.2, 0.25) is 0 Å². The Labute approximate surface area is 212 Å². The molecule has 2 bridgehead atoms. The summed E-state index contributed by atoms with van der Waals surface area (Å²) in [6, 6.07) is 10.9. The number of benzene rings is 2. The molecule has 1 aromatic heterocycles. The first-order valence-corrected chi connectivity index (χ1v) is 12.1. The van der Waals surface area contributed by atoms with E-state index in [9.17, 15) is 13.6 Å². The molecule has 1 saturated heterocycles. The van der Waals surface area contributed by atoms with Crippen LogP contribution in [0.5, 0.6) is 5.75 Å². The molecular weight excluding hydrogens is 476 g/mol. The quantitative estimate of drug-likeness (QED) is 0.508. The second kappa shape index (κ2) is 8.81. The topological polar surface area (TPSA) is 86.5 Å². The first-order valence-electron chi connectivity index (χ1n) is 12.1. The first-order chi connectivity index (χ1) is 17.8. The molecule has 2 aromatic carbocycles. The number of halogens is 2. The van der Waals surface area contributed by atoms with Gasteiger partial charge >= 0.3 is 0 Å². The molecule has 1 aliphatic carbocycles. The van der Waals surface area contributed by atoms with E-state index in [2.05, 4.69) is 10.3 Å². The van der Waals surface area contributed by atoms with Crippen LogP contribution in [0.1, 0.15) is 34.6 Å². The van der Waals surface area contributed by atoms with Crippen LogP contribution in [0.4, 0.5) is 14.6 Å². The Bertz CT molecular complexity index is 1500. The van der Waals surface area contributed by atoms with Crippen molar-refractivity contribution in [2.75, 3.05) is 12.8 Å². The van der Waals surface area contributed by atoms with Gasteiger partial charge in [-0.05, 0) is 41.8 Å². The van der Waals surface area contributed by atoms with E-state index in [4.69, 9.17) is 15.2 Å². The molecule has 2 aliphatic heterocycles. The number of carbonyl (C=O) groups is 1. The van der Waals surface area contributed by atoms with Crippen LogP contribution in [0, 0.1) is 30.4 Å². The summed E-state index contributed by atoms with van der Waals surface area (Å²) < 4.78 is 39.5. The maximum atomic E-state index is 14.4. The van der Waals surface area contributed by atoms with Crippen molar-refractivity contribution in [1.82, 2.24) is 10.3 Å². The summed E-state index contributed by atoms with van der Waals surface area (Å²) in [4.78, 5) is 17.3. The van der Waals surface area contributed by atoms with Crippen molar-refractivity contribution in [3.8, 4) is 16.9 Å². The molecule has 188 valence electrons.